The van der Waals surface area contributed by atoms with Crippen LogP contribution in [-0.2, 0) is 14.8 Å². The molecule has 2 aliphatic rings. The van der Waals surface area contributed by atoms with Crippen LogP contribution in [0.1, 0.15) is 31.7 Å². The lowest BCUT2D eigenvalue weighted by Crippen LogP contribution is -2.52. The fourth-order valence-electron chi connectivity index (χ4n) is 3.30. The second kappa shape index (κ2) is 6.52. The zero-order valence-corrected chi connectivity index (χ0v) is 14.4. The van der Waals surface area contributed by atoms with E-state index < -0.39 is 10.0 Å². The number of nitrogens with zero attached hydrogens (tertiary/aromatic N) is 2. The molecular formula is C16H22N4O3S. The van der Waals surface area contributed by atoms with E-state index in [1.54, 1.807) is 23.1 Å². The van der Waals surface area contributed by atoms with Crippen LogP contribution < -0.4 is 10.5 Å². The molecule has 2 aliphatic heterocycles. The maximum absolute atomic E-state index is 12.5. The van der Waals surface area contributed by atoms with Crippen LogP contribution in [0.3, 0.4) is 0 Å². The number of hydrogen-bond acceptors (Lipinski definition) is 5. The van der Waals surface area contributed by atoms with Crippen molar-refractivity contribution in [2.45, 2.75) is 43.2 Å². The Hall–Kier alpha value is -1.93. The van der Waals surface area contributed by atoms with Gasteiger partial charge in [0.2, 0.25) is 5.91 Å². The Bertz CT molecular complexity index is 773. The van der Waals surface area contributed by atoms with Crippen LogP contribution in [0.2, 0.25) is 0 Å². The molecule has 8 heteroatoms. The van der Waals surface area contributed by atoms with E-state index >= 15 is 0 Å². The highest BCUT2D eigenvalue weighted by molar-refractivity contribution is 7.90. The zero-order valence-electron chi connectivity index (χ0n) is 13.6. The van der Waals surface area contributed by atoms with Gasteiger partial charge < -0.3 is 10.6 Å². The number of hydrogen-bond donors (Lipinski definition) is 2. The van der Waals surface area contributed by atoms with E-state index in [4.69, 9.17) is 5.73 Å². The van der Waals surface area contributed by atoms with Crippen molar-refractivity contribution in [3.8, 4) is 0 Å². The molecule has 0 bridgehead atoms. The fourth-order valence-corrected chi connectivity index (χ4v) is 4.55. The smallest absolute Gasteiger partial charge is 0.263 e. The van der Waals surface area contributed by atoms with Gasteiger partial charge in [-0.3, -0.25) is 14.5 Å². The average Bonchev–Trinajstić information content (AvgIpc) is 2.84. The first-order valence-electron chi connectivity index (χ1n) is 8.12. The summed E-state index contributed by atoms with van der Waals surface area (Å²) >= 11 is 0. The van der Waals surface area contributed by atoms with Gasteiger partial charge in [0.15, 0.2) is 0 Å². The van der Waals surface area contributed by atoms with Crippen LogP contribution in [0.25, 0.3) is 0 Å². The summed E-state index contributed by atoms with van der Waals surface area (Å²) in [5.41, 5.74) is 6.50. The van der Waals surface area contributed by atoms with Gasteiger partial charge in [0, 0.05) is 24.2 Å². The Labute approximate surface area is 142 Å². The Morgan fingerprint density at radius 3 is 2.92 bits per heavy atom. The van der Waals surface area contributed by atoms with Gasteiger partial charge in [-0.05, 0) is 38.3 Å². The fraction of sp³-hybridized carbons (Fsp3) is 0.500. The van der Waals surface area contributed by atoms with E-state index in [2.05, 4.69) is 9.71 Å². The minimum Gasteiger partial charge on any atom is -0.337 e. The van der Waals surface area contributed by atoms with Gasteiger partial charge in [-0.15, -0.1) is 0 Å². The summed E-state index contributed by atoms with van der Waals surface area (Å²) in [6.07, 6.45) is 2.92. The molecule has 24 heavy (non-hydrogen) atoms. The summed E-state index contributed by atoms with van der Waals surface area (Å²) in [4.78, 5) is 18.7. The largest absolute Gasteiger partial charge is 0.337 e. The number of amidine groups is 1. The minimum atomic E-state index is -3.58. The first kappa shape index (κ1) is 16.9. The molecule has 2 unspecified atom stereocenters. The SMILES string of the molecule is CC(N)C1CCCCN1C(=O)CN=C1NS(=O)(=O)c2ccccc21. The van der Waals surface area contributed by atoms with Gasteiger partial charge >= 0.3 is 0 Å². The molecule has 1 aromatic rings. The summed E-state index contributed by atoms with van der Waals surface area (Å²) in [6, 6.07) is 6.55. The Morgan fingerprint density at radius 1 is 1.42 bits per heavy atom. The van der Waals surface area contributed by atoms with Crippen LogP contribution in [0.15, 0.2) is 34.2 Å². The highest BCUT2D eigenvalue weighted by atomic mass is 32.2. The van der Waals surface area contributed by atoms with E-state index in [0.717, 1.165) is 19.3 Å². The number of piperidine rings is 1. The molecule has 1 saturated heterocycles. The van der Waals surface area contributed by atoms with E-state index in [9.17, 15) is 13.2 Å². The summed E-state index contributed by atoms with van der Waals surface area (Å²) in [5, 5.41) is 0. The van der Waals surface area contributed by atoms with E-state index in [0.29, 0.717) is 12.1 Å². The molecule has 0 radical (unpaired) electrons. The molecule has 130 valence electrons. The molecule has 0 aromatic heterocycles. The number of sulfonamides is 1. The number of carbonyl (C=O) groups excluding carboxylic acids is 1. The molecule has 2 heterocycles. The van der Waals surface area contributed by atoms with Crippen LogP contribution in [0, 0.1) is 0 Å². The van der Waals surface area contributed by atoms with Crippen LogP contribution >= 0.6 is 0 Å². The molecule has 1 fully saturated rings. The van der Waals surface area contributed by atoms with Gasteiger partial charge in [-0.1, -0.05) is 12.1 Å². The lowest BCUT2D eigenvalue weighted by molar-refractivity contribution is -0.133. The van der Waals surface area contributed by atoms with Crippen molar-refractivity contribution in [2.75, 3.05) is 13.1 Å². The predicted molar refractivity (Wildman–Crippen MR) is 91.2 cm³/mol. The summed E-state index contributed by atoms with van der Waals surface area (Å²) in [6.45, 7) is 2.50. The van der Waals surface area contributed by atoms with Crippen LogP contribution in [0.5, 0.6) is 0 Å². The number of aliphatic imine (C=N–C) groups is 1. The molecule has 1 aromatic carbocycles. The van der Waals surface area contributed by atoms with Gasteiger partial charge in [0.05, 0.1) is 4.90 Å². The minimum absolute atomic E-state index is 0.0269. The standard InChI is InChI=1S/C16H22N4O3S/c1-11(17)13-7-4-5-9-20(13)15(21)10-18-16-12-6-2-3-8-14(12)24(22,23)19-16/h2-3,6,8,11,13H,4-5,7,9-10,17H2,1H3,(H,18,19). The number of amides is 1. The zero-order chi connectivity index (χ0) is 17.3. The molecule has 0 saturated carbocycles. The second-order valence-corrected chi connectivity index (χ2v) is 7.93. The number of likely N-dealkylation sites (tertiary alicyclic amines) is 1. The normalized spacial score (nSPS) is 25.2. The van der Waals surface area contributed by atoms with E-state index in [-0.39, 0.29) is 35.3 Å². The van der Waals surface area contributed by atoms with Gasteiger partial charge in [-0.25, -0.2) is 8.42 Å². The molecular weight excluding hydrogens is 328 g/mol. The monoisotopic (exact) mass is 350 g/mol. The molecule has 0 aliphatic carbocycles. The molecule has 7 nitrogen and oxygen atoms in total. The van der Waals surface area contributed by atoms with Gasteiger partial charge in [-0.2, -0.15) is 0 Å². The topological polar surface area (TPSA) is 105 Å². The molecule has 3 N–H and O–H groups in total. The lowest BCUT2D eigenvalue weighted by Gasteiger charge is -2.37. The number of benzene rings is 1. The van der Waals surface area contributed by atoms with E-state index in [1.165, 1.54) is 6.07 Å². The Morgan fingerprint density at radius 2 is 2.17 bits per heavy atom. The first-order chi connectivity index (χ1) is 11.4. The van der Waals surface area contributed by atoms with E-state index in [1.807, 2.05) is 6.92 Å². The predicted octanol–water partition coefficient (Wildman–Crippen LogP) is 0.453. The third-order valence-corrected chi connectivity index (χ3v) is 5.91. The van der Waals surface area contributed by atoms with Crippen molar-refractivity contribution in [3.63, 3.8) is 0 Å². The Balaban J connectivity index is 1.78. The van der Waals surface area contributed by atoms with Gasteiger partial charge in [0.1, 0.15) is 12.4 Å². The molecule has 0 spiro atoms. The third-order valence-electron chi connectivity index (χ3n) is 4.51. The molecule has 1 amide bonds. The summed E-state index contributed by atoms with van der Waals surface area (Å²) in [7, 11) is -3.58. The number of nitrogens with two attached hydrogens (primary N) is 1. The quantitative estimate of drug-likeness (QED) is 0.826. The number of rotatable bonds is 3. The van der Waals surface area contributed by atoms with Crippen LogP contribution in [-0.4, -0.2) is 50.2 Å². The summed E-state index contributed by atoms with van der Waals surface area (Å²) < 4.78 is 26.5. The first-order valence-corrected chi connectivity index (χ1v) is 9.60. The highest BCUT2D eigenvalue weighted by Gasteiger charge is 2.32. The molecule has 2 atom stereocenters. The summed E-state index contributed by atoms with van der Waals surface area (Å²) in [5.74, 6) is 0.112. The Kier molecular flexibility index (Phi) is 4.60. The van der Waals surface area contributed by atoms with Crippen molar-refractivity contribution in [1.29, 1.82) is 0 Å². The third kappa shape index (κ3) is 3.16. The van der Waals surface area contributed by atoms with Crippen molar-refractivity contribution >= 4 is 21.8 Å². The number of fused-ring (bicyclic) bond motifs is 1. The van der Waals surface area contributed by atoms with Crippen LogP contribution in [0.4, 0.5) is 0 Å². The number of nitrogens with one attached hydrogen (secondary N) is 1. The van der Waals surface area contributed by atoms with Crippen molar-refractivity contribution in [3.05, 3.63) is 29.8 Å². The van der Waals surface area contributed by atoms with Crippen molar-refractivity contribution < 1.29 is 13.2 Å². The lowest BCUT2D eigenvalue weighted by atomic mass is 9.97. The second-order valence-electron chi connectivity index (χ2n) is 6.28. The average molecular weight is 350 g/mol. The van der Waals surface area contributed by atoms with Gasteiger partial charge in [0.25, 0.3) is 10.0 Å². The van der Waals surface area contributed by atoms with Crippen molar-refractivity contribution in [1.82, 2.24) is 9.62 Å². The maximum Gasteiger partial charge on any atom is 0.263 e. The number of carbonyl (C=O) groups is 1. The maximum atomic E-state index is 12.5. The molecule has 3 rings (SSSR count). The van der Waals surface area contributed by atoms with Crippen molar-refractivity contribution in [2.24, 2.45) is 10.7 Å². The highest BCUT2D eigenvalue weighted by Crippen LogP contribution is 2.23.